The molecule has 0 bridgehead atoms. The van der Waals surface area contributed by atoms with E-state index in [9.17, 15) is 9.59 Å². The molecule has 17 heteroatoms. The van der Waals surface area contributed by atoms with E-state index in [1.165, 1.54) is 0 Å². The number of rotatable bonds is 16. The van der Waals surface area contributed by atoms with Gasteiger partial charge in [0.05, 0.1) is 41.6 Å². The number of carbonyl (C=O) groups excluding carboxylic acids is 2. The minimum Gasteiger partial charge on any atom is -0.444 e. The van der Waals surface area contributed by atoms with Crippen LogP contribution < -0.4 is 20.6 Å². The van der Waals surface area contributed by atoms with Crippen LogP contribution in [0.5, 0.6) is 0 Å². The second kappa shape index (κ2) is 22.0. The molecule has 0 spiro atoms. The van der Waals surface area contributed by atoms with Crippen LogP contribution in [0, 0.1) is 0 Å². The summed E-state index contributed by atoms with van der Waals surface area (Å²) in [5.74, 6) is -0.103. The number of pyridine rings is 1. The molecule has 1 aliphatic heterocycles. The Kier molecular flexibility index (Phi) is 16.0. The summed E-state index contributed by atoms with van der Waals surface area (Å²) in [7, 11) is -4.40. The Morgan fingerprint density at radius 1 is 0.800 bits per heavy atom. The number of ether oxygens (including phenoxy) is 2. The molecule has 7 aromatic rings. The number of amides is 2. The van der Waals surface area contributed by atoms with Crippen LogP contribution in [-0.2, 0) is 32.7 Å². The number of carbonyl (C=O) groups is 2. The SMILES string of the molecule is C[C@@H](NC(=O)c1nc(C(C)(C)C)no1)c1ccc(-c2ncnc3c2cc(-c2ccc(N4CCN(C(=O)OC(C)(C)C)CC4)cn2)n3COCC[Si](C)(C)C)cc1CO[Si](c1ccccc1)(c1ccccc1)C(C)(C)C. The van der Waals surface area contributed by atoms with Crippen molar-refractivity contribution in [3.63, 3.8) is 0 Å². The van der Waals surface area contributed by atoms with Crippen LogP contribution in [0.25, 0.3) is 33.7 Å². The van der Waals surface area contributed by atoms with Crippen molar-refractivity contribution in [1.29, 1.82) is 0 Å². The maximum atomic E-state index is 13.8. The first-order valence-electron chi connectivity index (χ1n) is 26.1. The molecular weight excluding hydrogens is 975 g/mol. The summed E-state index contributed by atoms with van der Waals surface area (Å²) >= 11 is 0. The van der Waals surface area contributed by atoms with Crippen LogP contribution in [0.3, 0.4) is 0 Å². The fraction of sp³-hybridized carbons (Fsp3) is 0.431. The highest BCUT2D eigenvalue weighted by Crippen LogP contribution is 2.39. The highest BCUT2D eigenvalue weighted by molar-refractivity contribution is 6.99. The predicted molar refractivity (Wildman–Crippen MR) is 302 cm³/mol. The summed E-state index contributed by atoms with van der Waals surface area (Å²) in [6.07, 6.45) is 3.22. The van der Waals surface area contributed by atoms with Crippen molar-refractivity contribution in [1.82, 2.24) is 39.9 Å². The molecule has 3 aromatic carbocycles. The van der Waals surface area contributed by atoms with Gasteiger partial charge in [0.2, 0.25) is 0 Å². The number of anilines is 1. The van der Waals surface area contributed by atoms with Crippen molar-refractivity contribution in [2.24, 2.45) is 0 Å². The average Bonchev–Trinajstić information content (AvgIpc) is 4.04. The van der Waals surface area contributed by atoms with Crippen LogP contribution in [0.1, 0.15) is 103 Å². The number of fused-ring (bicyclic) bond motifs is 1. The molecule has 5 heterocycles. The van der Waals surface area contributed by atoms with E-state index in [1.54, 1.807) is 11.2 Å². The normalized spacial score (nSPS) is 14.3. The number of benzene rings is 3. The first kappa shape index (κ1) is 54.7. The van der Waals surface area contributed by atoms with Crippen LogP contribution in [0.2, 0.25) is 30.7 Å². The summed E-state index contributed by atoms with van der Waals surface area (Å²) in [5, 5.41) is 10.1. The third-order valence-electron chi connectivity index (χ3n) is 13.6. The molecule has 2 amide bonds. The van der Waals surface area contributed by atoms with E-state index in [2.05, 4.69) is 138 Å². The second-order valence-electron chi connectivity index (χ2n) is 23.9. The highest BCUT2D eigenvalue weighted by Gasteiger charge is 2.50. The lowest BCUT2D eigenvalue weighted by molar-refractivity contribution is 0.0240. The topological polar surface area (TPSA) is 163 Å². The van der Waals surface area contributed by atoms with E-state index in [0.717, 1.165) is 66.9 Å². The Morgan fingerprint density at radius 3 is 2.04 bits per heavy atom. The minimum atomic E-state index is -3.02. The molecule has 1 atom stereocenters. The van der Waals surface area contributed by atoms with Crippen molar-refractivity contribution in [2.75, 3.05) is 37.7 Å². The van der Waals surface area contributed by atoms with Gasteiger partial charge in [-0.3, -0.25) is 14.3 Å². The monoisotopic (exact) mass is 1050 g/mol. The lowest BCUT2D eigenvalue weighted by Gasteiger charge is -2.43. The summed E-state index contributed by atoms with van der Waals surface area (Å²) in [6.45, 7) is 31.0. The summed E-state index contributed by atoms with van der Waals surface area (Å²) < 4.78 is 27.3. The van der Waals surface area contributed by atoms with Crippen molar-refractivity contribution in [2.45, 2.75) is 130 Å². The molecule has 15 nitrogen and oxygen atoms in total. The van der Waals surface area contributed by atoms with Crippen molar-refractivity contribution < 1.29 is 28.0 Å². The molecule has 0 radical (unpaired) electrons. The van der Waals surface area contributed by atoms with Crippen LogP contribution in [0.4, 0.5) is 10.5 Å². The van der Waals surface area contributed by atoms with Gasteiger partial charge in [0.25, 0.3) is 8.32 Å². The fourth-order valence-corrected chi connectivity index (χ4v) is 14.9. The summed E-state index contributed by atoms with van der Waals surface area (Å²) in [4.78, 5) is 50.0. The molecule has 0 aliphatic carbocycles. The molecule has 0 saturated carbocycles. The summed E-state index contributed by atoms with van der Waals surface area (Å²) in [5.41, 5.74) is 5.71. The zero-order chi connectivity index (χ0) is 53.9. The Hall–Kier alpha value is -6.54. The van der Waals surface area contributed by atoms with Gasteiger partial charge in [-0.25, -0.2) is 14.8 Å². The number of hydrogen-bond donors (Lipinski definition) is 1. The zero-order valence-corrected chi connectivity index (χ0v) is 48.2. The lowest BCUT2D eigenvalue weighted by atomic mass is 9.96. The number of aromatic nitrogens is 6. The third kappa shape index (κ3) is 12.6. The maximum absolute atomic E-state index is 13.8. The van der Waals surface area contributed by atoms with Crippen molar-refractivity contribution in [3.8, 4) is 22.6 Å². The lowest BCUT2D eigenvalue weighted by Crippen LogP contribution is -2.66. The minimum absolute atomic E-state index is 0.0936. The standard InChI is InChI=1S/C58H75N9O6Si2/c1-40(62-52(68)53-63-54(64-73-53)56(2,3)4)46-26-24-41(34-42(46)37-71-75(58(8,9)10,44-20-16-14-17-21-44)45-22-18-15-19-23-45)50-47-35-49(67(51(47)61-38-60-50)39-70-32-33-74(11,12)13)48-27-25-43(36-59-48)65-28-30-66(31-29-65)55(69)72-57(5,6)7/h14-27,34-36,38,40H,28-33,37,39H2,1-13H3,(H,62,68)/t40-/m1/s1. The van der Waals surface area contributed by atoms with E-state index in [0.29, 0.717) is 38.6 Å². The van der Waals surface area contributed by atoms with Gasteiger partial charge in [-0.2, -0.15) is 4.98 Å². The number of nitrogens with zero attached hydrogens (tertiary/aromatic N) is 8. The molecular formula is C58H75N9O6Si2. The molecule has 1 aliphatic rings. The maximum Gasteiger partial charge on any atom is 0.410 e. The third-order valence-corrected chi connectivity index (χ3v) is 20.3. The Labute approximate surface area is 444 Å². The van der Waals surface area contributed by atoms with Crippen LogP contribution in [-0.4, -0.2) is 101 Å². The smallest absolute Gasteiger partial charge is 0.410 e. The van der Waals surface area contributed by atoms with Gasteiger partial charge >= 0.3 is 17.9 Å². The van der Waals surface area contributed by atoms with Gasteiger partial charge < -0.3 is 33.5 Å². The Morgan fingerprint density at radius 2 is 1.47 bits per heavy atom. The van der Waals surface area contributed by atoms with Gasteiger partial charge in [0.1, 0.15) is 24.3 Å². The molecule has 0 unspecified atom stereocenters. The average molecular weight is 1050 g/mol. The fourth-order valence-electron chi connectivity index (χ4n) is 9.57. The van der Waals surface area contributed by atoms with E-state index in [1.807, 2.05) is 78.9 Å². The first-order chi connectivity index (χ1) is 35.4. The molecule has 4 aromatic heterocycles. The first-order valence-corrected chi connectivity index (χ1v) is 31.7. The van der Waals surface area contributed by atoms with E-state index < -0.39 is 39.4 Å². The second-order valence-corrected chi connectivity index (χ2v) is 33.8. The quantitative estimate of drug-likeness (QED) is 0.0721. The molecule has 75 heavy (non-hydrogen) atoms. The predicted octanol–water partition coefficient (Wildman–Crippen LogP) is 10.8. The number of hydrogen-bond acceptors (Lipinski definition) is 12. The van der Waals surface area contributed by atoms with Crippen molar-refractivity contribution >= 4 is 55.5 Å². The van der Waals surface area contributed by atoms with Gasteiger partial charge in [-0.15, -0.1) is 0 Å². The van der Waals surface area contributed by atoms with Crippen LogP contribution in [0.15, 0.2) is 114 Å². The van der Waals surface area contributed by atoms with Gasteiger partial charge in [-0.05, 0) is 84.5 Å². The molecule has 1 fully saturated rings. The zero-order valence-electron chi connectivity index (χ0n) is 46.2. The molecule has 1 N–H and O–H groups in total. The molecule has 396 valence electrons. The summed E-state index contributed by atoms with van der Waals surface area (Å²) in [6, 6.07) is 34.2. The van der Waals surface area contributed by atoms with E-state index in [4.69, 9.17) is 33.4 Å². The Balaban J connectivity index is 1.18. The van der Waals surface area contributed by atoms with E-state index >= 15 is 0 Å². The van der Waals surface area contributed by atoms with Gasteiger partial charge in [-0.1, -0.05) is 139 Å². The number of nitrogens with one attached hydrogen (secondary N) is 1. The van der Waals surface area contributed by atoms with Crippen molar-refractivity contribution in [3.05, 3.63) is 132 Å². The Bertz CT molecular complexity index is 3030. The van der Waals surface area contributed by atoms with Gasteiger partial charge in [0, 0.05) is 57.2 Å². The molecule has 8 rings (SSSR count). The van der Waals surface area contributed by atoms with Crippen LogP contribution >= 0.6 is 0 Å². The van der Waals surface area contributed by atoms with E-state index in [-0.39, 0.29) is 30.4 Å². The number of piperazine rings is 1. The largest absolute Gasteiger partial charge is 0.444 e. The highest BCUT2D eigenvalue weighted by atomic mass is 28.4. The molecule has 1 saturated heterocycles. The van der Waals surface area contributed by atoms with Gasteiger partial charge in [0.15, 0.2) is 5.82 Å².